The smallest absolute Gasteiger partial charge is 0.259 e. The maximum atomic E-state index is 12.6. The summed E-state index contributed by atoms with van der Waals surface area (Å²) in [6.45, 7) is 5.98. The molecule has 4 rings (SSSR count). The van der Waals surface area contributed by atoms with Gasteiger partial charge in [0.25, 0.3) is 5.56 Å². The maximum Gasteiger partial charge on any atom is 0.259 e. The molecule has 0 unspecified atom stereocenters. The van der Waals surface area contributed by atoms with Gasteiger partial charge in [0.15, 0.2) is 17.3 Å². The number of aromatic amines is 1. The summed E-state index contributed by atoms with van der Waals surface area (Å²) in [5.74, 6) is 2.69. The Bertz CT molecular complexity index is 1090. The molecule has 2 heterocycles. The van der Waals surface area contributed by atoms with Gasteiger partial charge >= 0.3 is 0 Å². The minimum absolute atomic E-state index is 0.149. The van der Waals surface area contributed by atoms with E-state index in [0.717, 1.165) is 38.5 Å². The highest BCUT2D eigenvalue weighted by atomic mass is 16.5. The fraction of sp³-hybridized carbons (Fsp3) is 0.391. The summed E-state index contributed by atoms with van der Waals surface area (Å²) in [4.78, 5) is 23.2. The van der Waals surface area contributed by atoms with Crippen LogP contribution in [0.5, 0.6) is 17.2 Å². The molecule has 1 aromatic heterocycles. The molecule has 3 aromatic rings. The summed E-state index contributed by atoms with van der Waals surface area (Å²) in [7, 11) is 4.82. The van der Waals surface area contributed by atoms with Crippen LogP contribution in [0.4, 0.5) is 0 Å². The van der Waals surface area contributed by atoms with E-state index in [-0.39, 0.29) is 5.56 Å². The topological polar surface area (TPSA) is 82.3 Å². The van der Waals surface area contributed by atoms with Gasteiger partial charge in [-0.2, -0.15) is 0 Å². The molecule has 8 heteroatoms. The van der Waals surface area contributed by atoms with Gasteiger partial charge in [-0.25, -0.2) is 4.98 Å². The molecule has 31 heavy (non-hydrogen) atoms. The number of nitrogens with zero attached hydrogens (tertiary/aromatic N) is 1. The monoisotopic (exact) mass is 426 g/mol. The molecule has 8 nitrogen and oxygen atoms in total. The number of ether oxygens (including phenoxy) is 3. The maximum absolute atomic E-state index is 12.6. The van der Waals surface area contributed by atoms with E-state index in [1.807, 2.05) is 12.1 Å². The van der Waals surface area contributed by atoms with Crippen molar-refractivity contribution in [2.75, 3.05) is 47.5 Å². The lowest BCUT2D eigenvalue weighted by molar-refractivity contribution is -1.02. The van der Waals surface area contributed by atoms with Gasteiger partial charge in [0.05, 0.1) is 32.2 Å². The van der Waals surface area contributed by atoms with Crippen LogP contribution in [0.2, 0.25) is 0 Å². The van der Waals surface area contributed by atoms with Gasteiger partial charge in [0.1, 0.15) is 45.0 Å². The van der Waals surface area contributed by atoms with E-state index in [9.17, 15) is 4.79 Å². The van der Waals surface area contributed by atoms with Crippen LogP contribution in [0.3, 0.4) is 0 Å². The number of quaternary nitrogens is 2. The van der Waals surface area contributed by atoms with Gasteiger partial charge in [0.2, 0.25) is 0 Å². The molecule has 1 saturated heterocycles. The van der Waals surface area contributed by atoms with E-state index in [0.29, 0.717) is 34.8 Å². The Kier molecular flexibility index (Phi) is 6.39. The number of piperazine rings is 1. The lowest BCUT2D eigenvalue weighted by Crippen LogP contribution is -3.27. The third-order valence-electron chi connectivity index (χ3n) is 5.95. The van der Waals surface area contributed by atoms with E-state index in [1.165, 1.54) is 10.5 Å². The Labute approximate surface area is 181 Å². The number of benzene rings is 2. The Morgan fingerprint density at radius 2 is 1.48 bits per heavy atom. The Balaban J connectivity index is 1.40. The number of H-pyrrole nitrogens is 1. The first kappa shape index (κ1) is 21.1. The molecule has 0 radical (unpaired) electrons. The molecule has 2 aromatic carbocycles. The minimum Gasteiger partial charge on any atom is -0.497 e. The van der Waals surface area contributed by atoms with Gasteiger partial charge in [-0.15, -0.1) is 0 Å². The molecule has 0 amide bonds. The predicted octanol–water partition coefficient (Wildman–Crippen LogP) is -0.567. The van der Waals surface area contributed by atoms with Crippen molar-refractivity contribution in [3.8, 4) is 17.2 Å². The van der Waals surface area contributed by atoms with Crippen molar-refractivity contribution in [3.05, 3.63) is 58.1 Å². The average molecular weight is 427 g/mol. The number of hydrogen-bond acceptors (Lipinski definition) is 5. The highest BCUT2D eigenvalue weighted by Gasteiger charge is 2.24. The first-order valence-electron chi connectivity index (χ1n) is 10.5. The zero-order valence-corrected chi connectivity index (χ0v) is 18.3. The minimum atomic E-state index is -0.149. The van der Waals surface area contributed by atoms with Gasteiger partial charge in [-0.3, -0.25) is 4.79 Å². The summed E-state index contributed by atoms with van der Waals surface area (Å²) in [6, 6.07) is 11.7. The van der Waals surface area contributed by atoms with Crippen LogP contribution in [-0.4, -0.2) is 57.5 Å². The summed E-state index contributed by atoms with van der Waals surface area (Å²) >= 11 is 0. The molecule has 1 aliphatic rings. The third kappa shape index (κ3) is 4.81. The van der Waals surface area contributed by atoms with Crippen molar-refractivity contribution in [1.29, 1.82) is 0 Å². The van der Waals surface area contributed by atoms with Crippen LogP contribution in [0, 0.1) is 0 Å². The zero-order chi connectivity index (χ0) is 21.8. The van der Waals surface area contributed by atoms with Crippen LogP contribution in [0.1, 0.15) is 11.4 Å². The third-order valence-corrected chi connectivity index (χ3v) is 5.95. The fourth-order valence-corrected chi connectivity index (χ4v) is 4.18. The van der Waals surface area contributed by atoms with E-state index >= 15 is 0 Å². The SMILES string of the molecule is COc1ccc(C[NH+]2CC[NH+](Cc3nc4cc(OC)c(OC)cc4c(=O)[nH]3)CC2)cc1. The largest absolute Gasteiger partial charge is 0.497 e. The lowest BCUT2D eigenvalue weighted by atomic mass is 10.2. The standard InChI is InChI=1S/C23H28N4O4/c1-29-17-6-4-16(5-7-17)14-26-8-10-27(11-9-26)15-22-24-19-13-21(31-3)20(30-2)12-18(19)23(28)25-22/h4-7,12-13H,8-11,14-15H2,1-3H3,(H,24,25,28)/p+2. The first-order chi connectivity index (χ1) is 15.1. The van der Waals surface area contributed by atoms with Crippen molar-refractivity contribution in [3.63, 3.8) is 0 Å². The molecule has 0 aliphatic carbocycles. The van der Waals surface area contributed by atoms with Gasteiger partial charge in [-0.05, 0) is 30.3 Å². The molecule has 0 bridgehead atoms. The predicted molar refractivity (Wildman–Crippen MR) is 117 cm³/mol. The summed E-state index contributed by atoms with van der Waals surface area (Å²) in [5, 5.41) is 0.505. The number of fused-ring (bicyclic) bond motifs is 1. The van der Waals surface area contributed by atoms with E-state index in [4.69, 9.17) is 14.2 Å². The van der Waals surface area contributed by atoms with Crippen LogP contribution < -0.4 is 29.6 Å². The molecule has 3 N–H and O–H groups in total. The second-order valence-corrected chi connectivity index (χ2v) is 7.94. The Morgan fingerprint density at radius 3 is 2.10 bits per heavy atom. The molecule has 164 valence electrons. The van der Waals surface area contributed by atoms with E-state index in [1.54, 1.807) is 38.4 Å². The number of nitrogens with one attached hydrogen (secondary N) is 3. The zero-order valence-electron chi connectivity index (χ0n) is 18.3. The number of hydrogen-bond donors (Lipinski definition) is 3. The van der Waals surface area contributed by atoms with E-state index < -0.39 is 0 Å². The van der Waals surface area contributed by atoms with Crippen LogP contribution in [-0.2, 0) is 13.1 Å². The van der Waals surface area contributed by atoms with Gasteiger partial charge in [-0.1, -0.05) is 0 Å². The van der Waals surface area contributed by atoms with Crippen LogP contribution >= 0.6 is 0 Å². The van der Waals surface area contributed by atoms with E-state index in [2.05, 4.69) is 22.1 Å². The normalized spacial score (nSPS) is 18.7. The molecule has 0 saturated carbocycles. The van der Waals surface area contributed by atoms with Crippen molar-refractivity contribution in [1.82, 2.24) is 9.97 Å². The number of methoxy groups -OCH3 is 3. The highest BCUT2D eigenvalue weighted by molar-refractivity contribution is 5.81. The number of aromatic nitrogens is 2. The van der Waals surface area contributed by atoms with Crippen LogP contribution in [0.25, 0.3) is 10.9 Å². The second-order valence-electron chi connectivity index (χ2n) is 7.94. The number of rotatable bonds is 7. The molecular weight excluding hydrogens is 396 g/mol. The highest BCUT2D eigenvalue weighted by Crippen LogP contribution is 2.29. The van der Waals surface area contributed by atoms with Crippen molar-refractivity contribution in [2.24, 2.45) is 0 Å². The molecular formula is C23H30N4O4+2. The summed E-state index contributed by atoms with van der Waals surface area (Å²) < 4.78 is 15.9. The van der Waals surface area contributed by atoms with Gasteiger partial charge in [0, 0.05) is 11.6 Å². The van der Waals surface area contributed by atoms with Crippen molar-refractivity contribution in [2.45, 2.75) is 13.1 Å². The summed E-state index contributed by atoms with van der Waals surface area (Å²) in [6.07, 6.45) is 0. The fourth-order valence-electron chi connectivity index (χ4n) is 4.18. The quantitative estimate of drug-likeness (QED) is 0.472. The molecule has 1 fully saturated rings. The van der Waals surface area contributed by atoms with Crippen molar-refractivity contribution >= 4 is 10.9 Å². The van der Waals surface area contributed by atoms with Crippen molar-refractivity contribution < 1.29 is 24.0 Å². The molecule has 0 spiro atoms. The second kappa shape index (κ2) is 9.36. The lowest BCUT2D eigenvalue weighted by Gasteiger charge is -2.29. The average Bonchev–Trinajstić information content (AvgIpc) is 2.80. The molecule has 1 aliphatic heterocycles. The van der Waals surface area contributed by atoms with Crippen LogP contribution in [0.15, 0.2) is 41.2 Å². The Morgan fingerprint density at radius 1 is 0.871 bits per heavy atom. The Hall–Kier alpha value is -3.10. The van der Waals surface area contributed by atoms with Gasteiger partial charge < -0.3 is 29.0 Å². The summed E-state index contributed by atoms with van der Waals surface area (Å²) in [5.41, 5.74) is 1.80. The molecule has 0 atom stereocenters. The first-order valence-corrected chi connectivity index (χ1v) is 10.5.